The van der Waals surface area contributed by atoms with E-state index < -0.39 is 10.0 Å². The molecule has 1 saturated carbocycles. The van der Waals surface area contributed by atoms with Crippen LogP contribution in [0.5, 0.6) is 0 Å². The van der Waals surface area contributed by atoms with E-state index in [1.807, 2.05) is 19.9 Å². The Labute approximate surface area is 128 Å². The lowest BCUT2D eigenvalue weighted by atomic mass is 10.3. The predicted molar refractivity (Wildman–Crippen MR) is 84.8 cm³/mol. The molecule has 0 bridgehead atoms. The SMILES string of the molecule is CC(C)N(C)S(=O)(=O)c1cc(CNC2CC2)n(C(C)C)c1. The van der Waals surface area contributed by atoms with E-state index >= 15 is 0 Å². The predicted octanol–water partition coefficient (Wildman–Crippen LogP) is 2.35. The summed E-state index contributed by atoms with van der Waals surface area (Å²) < 4.78 is 28.7. The van der Waals surface area contributed by atoms with E-state index in [-0.39, 0.29) is 12.1 Å². The summed E-state index contributed by atoms with van der Waals surface area (Å²) in [5.74, 6) is 0. The van der Waals surface area contributed by atoms with E-state index in [9.17, 15) is 8.42 Å². The van der Waals surface area contributed by atoms with Crippen molar-refractivity contribution in [1.82, 2.24) is 14.2 Å². The average Bonchev–Trinajstić information content (AvgIpc) is 3.12. The van der Waals surface area contributed by atoms with Crippen LogP contribution in [0.15, 0.2) is 17.2 Å². The smallest absolute Gasteiger partial charge is 0.244 e. The quantitative estimate of drug-likeness (QED) is 0.840. The summed E-state index contributed by atoms with van der Waals surface area (Å²) in [6.45, 7) is 8.63. The van der Waals surface area contributed by atoms with Crippen LogP contribution in [0.1, 0.15) is 52.3 Å². The van der Waals surface area contributed by atoms with Crippen molar-refractivity contribution in [2.24, 2.45) is 0 Å². The van der Waals surface area contributed by atoms with E-state index in [1.54, 1.807) is 13.2 Å². The molecule has 21 heavy (non-hydrogen) atoms. The molecule has 0 saturated heterocycles. The zero-order valence-electron chi connectivity index (χ0n) is 13.6. The normalized spacial score (nSPS) is 16.4. The van der Waals surface area contributed by atoms with Crippen molar-refractivity contribution >= 4 is 10.0 Å². The molecule has 0 spiro atoms. The van der Waals surface area contributed by atoms with Crippen LogP contribution in [0, 0.1) is 0 Å². The molecule has 1 fully saturated rings. The number of hydrogen-bond acceptors (Lipinski definition) is 3. The van der Waals surface area contributed by atoms with Crippen LogP contribution in [0.3, 0.4) is 0 Å². The van der Waals surface area contributed by atoms with Gasteiger partial charge in [0.05, 0.1) is 0 Å². The van der Waals surface area contributed by atoms with Gasteiger partial charge in [-0.1, -0.05) is 0 Å². The molecule has 1 aromatic heterocycles. The van der Waals surface area contributed by atoms with Gasteiger partial charge in [-0.3, -0.25) is 0 Å². The van der Waals surface area contributed by atoms with Gasteiger partial charge in [0.2, 0.25) is 10.0 Å². The number of rotatable bonds is 7. The van der Waals surface area contributed by atoms with Crippen LogP contribution in [0.25, 0.3) is 0 Å². The Hall–Kier alpha value is -0.850. The zero-order chi connectivity index (χ0) is 15.8. The largest absolute Gasteiger partial charge is 0.346 e. The van der Waals surface area contributed by atoms with E-state index in [1.165, 1.54) is 17.1 Å². The number of hydrogen-bond donors (Lipinski definition) is 1. The maximum Gasteiger partial charge on any atom is 0.244 e. The molecule has 120 valence electrons. The monoisotopic (exact) mass is 313 g/mol. The van der Waals surface area contributed by atoms with E-state index in [4.69, 9.17) is 0 Å². The third-order valence-electron chi connectivity index (χ3n) is 4.02. The summed E-state index contributed by atoms with van der Waals surface area (Å²) in [6, 6.07) is 2.61. The number of aromatic nitrogens is 1. The zero-order valence-corrected chi connectivity index (χ0v) is 14.4. The van der Waals surface area contributed by atoms with Crippen molar-refractivity contribution in [3.05, 3.63) is 18.0 Å². The second-order valence-corrected chi connectivity index (χ2v) is 8.44. The topological polar surface area (TPSA) is 54.3 Å². The van der Waals surface area contributed by atoms with Gasteiger partial charge < -0.3 is 9.88 Å². The molecular formula is C15H27N3O2S. The Morgan fingerprint density at radius 2 is 1.95 bits per heavy atom. The van der Waals surface area contributed by atoms with Gasteiger partial charge in [0.25, 0.3) is 0 Å². The van der Waals surface area contributed by atoms with E-state index in [2.05, 4.69) is 23.7 Å². The van der Waals surface area contributed by atoms with Gasteiger partial charge in [0.1, 0.15) is 4.90 Å². The highest BCUT2D eigenvalue weighted by Crippen LogP contribution is 2.24. The Kier molecular flexibility index (Phi) is 4.80. The summed E-state index contributed by atoms with van der Waals surface area (Å²) in [5.41, 5.74) is 1.03. The van der Waals surface area contributed by atoms with Crippen LogP contribution in [-0.2, 0) is 16.6 Å². The van der Waals surface area contributed by atoms with Gasteiger partial charge >= 0.3 is 0 Å². The van der Waals surface area contributed by atoms with Crippen molar-refractivity contribution in [2.45, 2.75) is 70.1 Å². The Morgan fingerprint density at radius 3 is 2.43 bits per heavy atom. The molecule has 1 N–H and O–H groups in total. The molecule has 0 atom stereocenters. The van der Waals surface area contributed by atoms with Crippen LogP contribution in [-0.4, -0.2) is 36.4 Å². The summed E-state index contributed by atoms with van der Waals surface area (Å²) in [4.78, 5) is 0.389. The lowest BCUT2D eigenvalue weighted by molar-refractivity contribution is 0.410. The molecule has 0 unspecified atom stereocenters. The van der Waals surface area contributed by atoms with Gasteiger partial charge in [-0.25, -0.2) is 8.42 Å². The second kappa shape index (κ2) is 6.10. The third-order valence-corrected chi connectivity index (χ3v) is 6.02. The maximum atomic E-state index is 12.6. The highest BCUT2D eigenvalue weighted by molar-refractivity contribution is 7.89. The first-order valence-corrected chi connectivity index (χ1v) is 9.09. The fourth-order valence-corrected chi connectivity index (χ4v) is 3.66. The molecule has 0 aromatic carbocycles. The first kappa shape index (κ1) is 16.5. The van der Waals surface area contributed by atoms with Crippen molar-refractivity contribution in [3.8, 4) is 0 Å². The molecule has 2 rings (SSSR count). The molecule has 0 amide bonds. The van der Waals surface area contributed by atoms with Gasteiger partial charge in [0.15, 0.2) is 0 Å². The summed E-state index contributed by atoms with van der Waals surface area (Å²) in [7, 11) is -1.78. The van der Waals surface area contributed by atoms with Crippen LogP contribution < -0.4 is 5.32 Å². The Bertz CT molecular complexity index is 586. The highest BCUT2D eigenvalue weighted by atomic mass is 32.2. The van der Waals surface area contributed by atoms with Gasteiger partial charge in [-0.2, -0.15) is 4.31 Å². The highest BCUT2D eigenvalue weighted by Gasteiger charge is 2.27. The average molecular weight is 313 g/mol. The van der Waals surface area contributed by atoms with Crippen molar-refractivity contribution in [3.63, 3.8) is 0 Å². The first-order valence-electron chi connectivity index (χ1n) is 7.65. The number of nitrogens with zero attached hydrogens (tertiary/aromatic N) is 2. The second-order valence-electron chi connectivity index (χ2n) is 6.44. The van der Waals surface area contributed by atoms with Gasteiger partial charge in [-0.15, -0.1) is 0 Å². The lowest BCUT2D eigenvalue weighted by Gasteiger charge is -2.20. The minimum Gasteiger partial charge on any atom is -0.346 e. The van der Waals surface area contributed by atoms with E-state index in [0.717, 1.165) is 12.2 Å². The van der Waals surface area contributed by atoms with Crippen LogP contribution >= 0.6 is 0 Å². The molecule has 1 heterocycles. The minimum absolute atomic E-state index is 0.0505. The van der Waals surface area contributed by atoms with Crippen molar-refractivity contribution < 1.29 is 8.42 Å². The first-order chi connectivity index (χ1) is 9.73. The summed E-state index contributed by atoms with van der Waals surface area (Å²) >= 11 is 0. The Morgan fingerprint density at radius 1 is 1.33 bits per heavy atom. The van der Waals surface area contributed by atoms with Crippen molar-refractivity contribution in [1.29, 1.82) is 0 Å². The minimum atomic E-state index is -3.41. The van der Waals surface area contributed by atoms with Crippen molar-refractivity contribution in [2.75, 3.05) is 7.05 Å². The van der Waals surface area contributed by atoms with Crippen LogP contribution in [0.4, 0.5) is 0 Å². The molecule has 1 aliphatic carbocycles. The molecule has 6 heteroatoms. The molecule has 0 radical (unpaired) electrons. The van der Waals surface area contributed by atoms with Crippen LogP contribution in [0.2, 0.25) is 0 Å². The molecule has 1 aromatic rings. The molecule has 1 aliphatic rings. The number of sulfonamides is 1. The maximum absolute atomic E-state index is 12.6. The fourth-order valence-electron chi connectivity index (χ4n) is 2.24. The summed E-state index contributed by atoms with van der Waals surface area (Å²) in [5, 5.41) is 3.46. The van der Waals surface area contributed by atoms with E-state index in [0.29, 0.717) is 10.9 Å². The van der Waals surface area contributed by atoms with Gasteiger partial charge in [-0.05, 0) is 46.6 Å². The standard InChI is InChI=1S/C15H27N3O2S/c1-11(2)17(5)21(19,20)15-8-14(9-16-13-6-7-13)18(10-15)12(3)4/h8,10-13,16H,6-7,9H2,1-5H3. The molecule has 0 aliphatic heterocycles. The third kappa shape index (κ3) is 3.67. The lowest BCUT2D eigenvalue weighted by Crippen LogP contribution is -2.32. The molecular weight excluding hydrogens is 286 g/mol. The number of nitrogens with one attached hydrogen (secondary N) is 1. The Balaban J connectivity index is 2.29. The summed E-state index contributed by atoms with van der Waals surface area (Å²) in [6.07, 6.45) is 4.22. The molecule has 5 nitrogen and oxygen atoms in total. The van der Waals surface area contributed by atoms with Gasteiger partial charge in [0, 0.05) is 43.6 Å². The fraction of sp³-hybridized carbons (Fsp3) is 0.733.